The molecule has 32 heavy (non-hydrogen) atoms. The standard InChI is InChI=1S/2C12H14O4/c2*13-11(14)6-4-9-2-1-3-10(8-9)5-7-12(15)16/h2*1-3,8H,4-7H2,(H,13,14)(H,15,16). The van der Waals surface area contributed by atoms with Crippen LogP contribution < -0.4 is 0 Å². The van der Waals surface area contributed by atoms with Crippen LogP contribution in [-0.4, -0.2) is 44.3 Å². The summed E-state index contributed by atoms with van der Waals surface area (Å²) in [6, 6.07) is 14.8. The molecule has 2 rings (SSSR count). The summed E-state index contributed by atoms with van der Waals surface area (Å²) >= 11 is 0. The molecule has 0 radical (unpaired) electrons. The maximum Gasteiger partial charge on any atom is 0.303 e. The van der Waals surface area contributed by atoms with Crippen LogP contribution >= 0.6 is 0 Å². The van der Waals surface area contributed by atoms with E-state index in [4.69, 9.17) is 20.4 Å². The SMILES string of the molecule is O=C(O)CCc1cccc(CCC(=O)O)c1.O=C(O)CCc1cccc(CCC(=O)O)c1. The fraction of sp³-hybridized carbons (Fsp3) is 0.333. The van der Waals surface area contributed by atoms with Gasteiger partial charge >= 0.3 is 23.9 Å². The van der Waals surface area contributed by atoms with Gasteiger partial charge in [0.25, 0.3) is 0 Å². The highest BCUT2D eigenvalue weighted by Gasteiger charge is 2.03. The predicted molar refractivity (Wildman–Crippen MR) is 117 cm³/mol. The van der Waals surface area contributed by atoms with Crippen LogP contribution in [0.4, 0.5) is 0 Å². The summed E-state index contributed by atoms with van der Waals surface area (Å²) in [6.45, 7) is 0. The van der Waals surface area contributed by atoms with Crippen molar-refractivity contribution in [1.29, 1.82) is 0 Å². The number of aliphatic carboxylic acids is 4. The van der Waals surface area contributed by atoms with Crippen LogP contribution in [0.1, 0.15) is 47.9 Å². The molecule has 172 valence electrons. The number of rotatable bonds is 12. The summed E-state index contributed by atoms with van der Waals surface area (Å²) < 4.78 is 0. The van der Waals surface area contributed by atoms with Gasteiger partial charge in [0.1, 0.15) is 0 Å². The number of aryl methyl sites for hydroxylation is 4. The van der Waals surface area contributed by atoms with Crippen molar-refractivity contribution in [3.05, 3.63) is 70.8 Å². The van der Waals surface area contributed by atoms with Gasteiger partial charge < -0.3 is 20.4 Å². The van der Waals surface area contributed by atoms with Crippen molar-refractivity contribution >= 4 is 23.9 Å². The van der Waals surface area contributed by atoms with Gasteiger partial charge in [0.15, 0.2) is 0 Å². The van der Waals surface area contributed by atoms with E-state index in [1.807, 2.05) is 48.5 Å². The van der Waals surface area contributed by atoms with E-state index in [0.717, 1.165) is 22.3 Å². The Kier molecular flexibility index (Phi) is 11.8. The average molecular weight is 444 g/mol. The van der Waals surface area contributed by atoms with Gasteiger partial charge in [-0.2, -0.15) is 0 Å². The Hall–Kier alpha value is -3.68. The zero-order valence-electron chi connectivity index (χ0n) is 17.7. The van der Waals surface area contributed by atoms with Gasteiger partial charge in [-0.05, 0) is 47.9 Å². The Morgan fingerprint density at radius 2 is 0.688 bits per heavy atom. The second kappa shape index (κ2) is 14.3. The Bertz CT molecular complexity index is 778. The lowest BCUT2D eigenvalue weighted by Gasteiger charge is -2.02. The van der Waals surface area contributed by atoms with Gasteiger partial charge in [-0.15, -0.1) is 0 Å². The Labute approximate surface area is 186 Å². The molecule has 0 bridgehead atoms. The number of carbonyl (C=O) groups is 4. The van der Waals surface area contributed by atoms with Crippen molar-refractivity contribution in [3.8, 4) is 0 Å². The molecule has 4 N–H and O–H groups in total. The molecule has 8 nitrogen and oxygen atoms in total. The normalized spacial score (nSPS) is 10.0. The van der Waals surface area contributed by atoms with E-state index in [-0.39, 0.29) is 25.7 Å². The lowest BCUT2D eigenvalue weighted by molar-refractivity contribution is -0.138. The van der Waals surface area contributed by atoms with Crippen molar-refractivity contribution < 1.29 is 39.6 Å². The molecule has 0 spiro atoms. The molecule has 0 fully saturated rings. The maximum atomic E-state index is 10.4. The summed E-state index contributed by atoms with van der Waals surface area (Å²) in [5.41, 5.74) is 3.74. The molecule has 0 aliphatic rings. The molecule has 0 aromatic heterocycles. The van der Waals surface area contributed by atoms with Crippen LogP contribution in [0.15, 0.2) is 48.5 Å². The molecule has 0 saturated carbocycles. The zero-order valence-corrected chi connectivity index (χ0v) is 17.7. The molecule has 0 unspecified atom stereocenters. The lowest BCUT2D eigenvalue weighted by Crippen LogP contribution is -2.00. The van der Waals surface area contributed by atoms with E-state index in [9.17, 15) is 19.2 Å². The van der Waals surface area contributed by atoms with Gasteiger partial charge in [0.05, 0.1) is 0 Å². The molecule has 2 aromatic carbocycles. The third-order valence-corrected chi connectivity index (χ3v) is 4.49. The highest BCUT2D eigenvalue weighted by Crippen LogP contribution is 2.10. The summed E-state index contributed by atoms with van der Waals surface area (Å²) in [5, 5.41) is 34.2. The molecule has 0 saturated heterocycles. The predicted octanol–water partition coefficient (Wildman–Crippen LogP) is 3.44. The molecule has 0 aliphatic heterocycles. The first-order chi connectivity index (χ1) is 15.2. The minimum atomic E-state index is -0.823. The third-order valence-electron chi connectivity index (χ3n) is 4.49. The second-order valence-electron chi connectivity index (χ2n) is 7.21. The largest absolute Gasteiger partial charge is 0.481 e. The highest BCUT2D eigenvalue weighted by molar-refractivity contribution is 5.68. The second-order valence-corrected chi connectivity index (χ2v) is 7.21. The van der Waals surface area contributed by atoms with Crippen molar-refractivity contribution in [1.82, 2.24) is 0 Å². The molecule has 0 atom stereocenters. The summed E-state index contributed by atoms with van der Waals surface area (Å²) in [5.74, 6) is -3.29. The molecule has 0 heterocycles. The maximum absolute atomic E-state index is 10.4. The van der Waals surface area contributed by atoms with Crippen molar-refractivity contribution in [2.75, 3.05) is 0 Å². The van der Waals surface area contributed by atoms with Crippen molar-refractivity contribution in [2.24, 2.45) is 0 Å². The lowest BCUT2D eigenvalue weighted by atomic mass is 10.0. The molecule has 8 heteroatoms. The zero-order chi connectivity index (χ0) is 23.9. The van der Waals surface area contributed by atoms with E-state index >= 15 is 0 Å². The van der Waals surface area contributed by atoms with E-state index in [2.05, 4.69) is 0 Å². The molecule has 0 aliphatic carbocycles. The van der Waals surface area contributed by atoms with Crippen LogP contribution in [0.25, 0.3) is 0 Å². The minimum absolute atomic E-state index is 0.0996. The van der Waals surface area contributed by atoms with E-state index < -0.39 is 23.9 Å². The fourth-order valence-corrected chi connectivity index (χ4v) is 2.89. The first-order valence-corrected chi connectivity index (χ1v) is 10.2. The first-order valence-electron chi connectivity index (χ1n) is 10.2. The van der Waals surface area contributed by atoms with Crippen molar-refractivity contribution in [2.45, 2.75) is 51.4 Å². The van der Waals surface area contributed by atoms with Crippen LogP contribution in [0, 0.1) is 0 Å². The molecular weight excluding hydrogens is 416 g/mol. The van der Waals surface area contributed by atoms with Gasteiger partial charge in [0, 0.05) is 25.7 Å². The molecule has 0 amide bonds. The van der Waals surface area contributed by atoms with Gasteiger partial charge in [-0.3, -0.25) is 19.2 Å². The number of carboxylic acid groups (broad SMARTS) is 4. The van der Waals surface area contributed by atoms with Crippen LogP contribution in [-0.2, 0) is 44.9 Å². The van der Waals surface area contributed by atoms with Gasteiger partial charge in [-0.1, -0.05) is 48.5 Å². The van der Waals surface area contributed by atoms with E-state index in [0.29, 0.717) is 25.7 Å². The quantitative estimate of drug-likeness (QED) is 0.389. The van der Waals surface area contributed by atoms with Crippen molar-refractivity contribution in [3.63, 3.8) is 0 Å². The fourth-order valence-electron chi connectivity index (χ4n) is 2.89. The van der Waals surface area contributed by atoms with Gasteiger partial charge in [-0.25, -0.2) is 0 Å². The number of hydrogen-bond acceptors (Lipinski definition) is 4. The number of benzene rings is 2. The average Bonchev–Trinajstić information content (AvgIpc) is 2.74. The summed E-state index contributed by atoms with van der Waals surface area (Å²) in [7, 11) is 0. The van der Waals surface area contributed by atoms with Crippen LogP contribution in [0.5, 0.6) is 0 Å². The smallest absolute Gasteiger partial charge is 0.303 e. The number of hydrogen-bond donors (Lipinski definition) is 4. The van der Waals surface area contributed by atoms with E-state index in [1.165, 1.54) is 0 Å². The Morgan fingerprint density at radius 1 is 0.469 bits per heavy atom. The summed E-state index contributed by atoms with van der Waals surface area (Å²) in [6.07, 6.45) is 2.33. The summed E-state index contributed by atoms with van der Waals surface area (Å²) in [4.78, 5) is 41.6. The molecule has 2 aromatic rings. The first kappa shape index (κ1) is 26.4. The van der Waals surface area contributed by atoms with Crippen LogP contribution in [0.3, 0.4) is 0 Å². The molecular formula is C24H28O8. The Morgan fingerprint density at radius 3 is 0.875 bits per heavy atom. The van der Waals surface area contributed by atoms with E-state index in [1.54, 1.807) is 0 Å². The monoisotopic (exact) mass is 444 g/mol. The third kappa shape index (κ3) is 12.8. The Balaban J connectivity index is 0.000000320. The minimum Gasteiger partial charge on any atom is -0.481 e. The number of carboxylic acids is 4. The van der Waals surface area contributed by atoms with Crippen LogP contribution in [0.2, 0.25) is 0 Å². The topological polar surface area (TPSA) is 149 Å². The highest BCUT2D eigenvalue weighted by atomic mass is 16.4. The van der Waals surface area contributed by atoms with Gasteiger partial charge in [0.2, 0.25) is 0 Å².